The van der Waals surface area contributed by atoms with Crippen molar-refractivity contribution >= 4 is 0 Å². The fraction of sp³-hybridized carbons (Fsp3) is 0.538. The molecule has 0 aliphatic carbocycles. The van der Waals surface area contributed by atoms with Crippen LogP contribution in [0, 0.1) is 5.92 Å². The number of benzene rings is 1. The van der Waals surface area contributed by atoms with Gasteiger partial charge >= 0.3 is 0 Å². The molecule has 0 radical (unpaired) electrons. The zero-order chi connectivity index (χ0) is 10.8. The zero-order valence-electron chi connectivity index (χ0n) is 9.71. The molecule has 1 aliphatic rings. The second-order valence-electron chi connectivity index (χ2n) is 4.49. The molecule has 1 atom stereocenters. The standard InChI is InChI=1S/C13H19NO/c1-9(2)13-12-5-4-11(15-3)8-10(12)6-7-14-13/h4-5,8-9,13-14H,6-7H2,1-3H3. The number of fused-ring (bicyclic) bond motifs is 1. The third-order valence-corrected chi connectivity index (χ3v) is 3.11. The predicted molar refractivity (Wildman–Crippen MR) is 62.3 cm³/mol. The van der Waals surface area contributed by atoms with Crippen LogP contribution in [0.25, 0.3) is 0 Å². The maximum absolute atomic E-state index is 5.26. The topological polar surface area (TPSA) is 21.3 Å². The summed E-state index contributed by atoms with van der Waals surface area (Å²) >= 11 is 0. The minimum atomic E-state index is 0.500. The monoisotopic (exact) mass is 205 g/mol. The van der Waals surface area contributed by atoms with Gasteiger partial charge in [-0.2, -0.15) is 0 Å². The van der Waals surface area contributed by atoms with Gasteiger partial charge in [-0.1, -0.05) is 19.9 Å². The molecule has 15 heavy (non-hydrogen) atoms. The minimum Gasteiger partial charge on any atom is -0.497 e. The number of nitrogens with one attached hydrogen (secondary N) is 1. The molecule has 1 aromatic carbocycles. The van der Waals surface area contributed by atoms with Crippen molar-refractivity contribution in [1.82, 2.24) is 5.32 Å². The van der Waals surface area contributed by atoms with Crippen LogP contribution in [0.1, 0.15) is 31.0 Å². The van der Waals surface area contributed by atoms with Gasteiger partial charge in [-0.05, 0) is 42.1 Å². The highest BCUT2D eigenvalue weighted by molar-refractivity contribution is 5.39. The molecule has 0 spiro atoms. The minimum absolute atomic E-state index is 0.500. The summed E-state index contributed by atoms with van der Waals surface area (Å²) in [5.74, 6) is 1.61. The molecule has 0 amide bonds. The molecule has 0 saturated carbocycles. The van der Waals surface area contributed by atoms with Crippen LogP contribution in [-0.4, -0.2) is 13.7 Å². The maximum atomic E-state index is 5.26. The van der Waals surface area contributed by atoms with Gasteiger partial charge < -0.3 is 10.1 Å². The summed E-state index contributed by atoms with van der Waals surface area (Å²) in [6, 6.07) is 6.93. The Morgan fingerprint density at radius 1 is 1.40 bits per heavy atom. The number of methoxy groups -OCH3 is 1. The van der Waals surface area contributed by atoms with Crippen molar-refractivity contribution in [2.45, 2.75) is 26.3 Å². The molecule has 1 N–H and O–H groups in total. The first-order valence-corrected chi connectivity index (χ1v) is 5.62. The second-order valence-corrected chi connectivity index (χ2v) is 4.49. The van der Waals surface area contributed by atoms with Gasteiger partial charge in [0, 0.05) is 6.04 Å². The molecule has 0 bridgehead atoms. The number of hydrogen-bond acceptors (Lipinski definition) is 2. The van der Waals surface area contributed by atoms with E-state index in [-0.39, 0.29) is 0 Å². The van der Waals surface area contributed by atoms with E-state index >= 15 is 0 Å². The Labute approximate surface area is 91.6 Å². The number of rotatable bonds is 2. The fourth-order valence-electron chi connectivity index (χ4n) is 2.30. The fourth-order valence-corrected chi connectivity index (χ4v) is 2.30. The average Bonchev–Trinajstić information content (AvgIpc) is 2.27. The van der Waals surface area contributed by atoms with E-state index in [1.54, 1.807) is 7.11 Å². The summed E-state index contributed by atoms with van der Waals surface area (Å²) in [6.45, 7) is 5.59. The summed E-state index contributed by atoms with van der Waals surface area (Å²) in [5.41, 5.74) is 2.88. The summed E-state index contributed by atoms with van der Waals surface area (Å²) < 4.78 is 5.26. The molecule has 82 valence electrons. The quantitative estimate of drug-likeness (QED) is 0.801. The number of hydrogen-bond donors (Lipinski definition) is 1. The Morgan fingerprint density at radius 3 is 2.87 bits per heavy atom. The van der Waals surface area contributed by atoms with Crippen LogP contribution in [0.5, 0.6) is 5.75 Å². The summed E-state index contributed by atoms with van der Waals surface area (Å²) in [5, 5.41) is 3.57. The molecule has 1 aromatic rings. The van der Waals surface area contributed by atoms with Crippen LogP contribution >= 0.6 is 0 Å². The van der Waals surface area contributed by atoms with Gasteiger partial charge in [0.05, 0.1) is 7.11 Å². The Balaban J connectivity index is 2.36. The van der Waals surface area contributed by atoms with E-state index in [0.29, 0.717) is 12.0 Å². The van der Waals surface area contributed by atoms with Crippen molar-refractivity contribution in [2.24, 2.45) is 5.92 Å². The molecule has 0 saturated heterocycles. The second kappa shape index (κ2) is 4.23. The summed E-state index contributed by atoms with van der Waals surface area (Å²) in [4.78, 5) is 0. The number of ether oxygens (including phenoxy) is 1. The van der Waals surface area contributed by atoms with Crippen molar-refractivity contribution in [3.05, 3.63) is 29.3 Å². The first kappa shape index (κ1) is 10.5. The van der Waals surface area contributed by atoms with Crippen molar-refractivity contribution in [1.29, 1.82) is 0 Å². The molecule has 2 heteroatoms. The van der Waals surface area contributed by atoms with E-state index in [9.17, 15) is 0 Å². The van der Waals surface area contributed by atoms with E-state index in [1.807, 2.05) is 0 Å². The van der Waals surface area contributed by atoms with Crippen LogP contribution in [0.15, 0.2) is 18.2 Å². The molecule has 0 fully saturated rings. The van der Waals surface area contributed by atoms with E-state index in [4.69, 9.17) is 4.74 Å². The van der Waals surface area contributed by atoms with Crippen molar-refractivity contribution in [3.63, 3.8) is 0 Å². The van der Waals surface area contributed by atoms with Gasteiger partial charge in [-0.15, -0.1) is 0 Å². The largest absolute Gasteiger partial charge is 0.497 e. The third-order valence-electron chi connectivity index (χ3n) is 3.11. The van der Waals surface area contributed by atoms with E-state index in [1.165, 1.54) is 11.1 Å². The van der Waals surface area contributed by atoms with Crippen molar-refractivity contribution in [2.75, 3.05) is 13.7 Å². The normalized spacial score (nSPS) is 20.1. The lowest BCUT2D eigenvalue weighted by Crippen LogP contribution is -2.32. The molecule has 1 heterocycles. The first-order chi connectivity index (χ1) is 7.22. The summed E-state index contributed by atoms with van der Waals surface area (Å²) in [7, 11) is 1.72. The van der Waals surface area contributed by atoms with Gasteiger partial charge in [-0.3, -0.25) is 0 Å². The lowest BCUT2D eigenvalue weighted by atomic mass is 9.88. The van der Waals surface area contributed by atoms with E-state index < -0.39 is 0 Å². The highest BCUT2D eigenvalue weighted by Gasteiger charge is 2.22. The average molecular weight is 205 g/mol. The SMILES string of the molecule is COc1ccc2c(c1)CCNC2C(C)C. The smallest absolute Gasteiger partial charge is 0.119 e. The Hall–Kier alpha value is -1.02. The van der Waals surface area contributed by atoms with E-state index in [2.05, 4.69) is 37.4 Å². The summed E-state index contributed by atoms with van der Waals surface area (Å²) in [6.07, 6.45) is 1.11. The third kappa shape index (κ3) is 2.00. The highest BCUT2D eigenvalue weighted by atomic mass is 16.5. The Bertz CT molecular complexity index is 346. The van der Waals surface area contributed by atoms with Crippen molar-refractivity contribution in [3.8, 4) is 5.75 Å². The Morgan fingerprint density at radius 2 is 2.20 bits per heavy atom. The van der Waals surface area contributed by atoms with E-state index in [0.717, 1.165) is 18.7 Å². The Kier molecular flexibility index (Phi) is 2.96. The molecule has 2 rings (SSSR count). The molecular formula is C13H19NO. The molecule has 2 nitrogen and oxygen atoms in total. The molecule has 0 aromatic heterocycles. The van der Waals surface area contributed by atoms with Gasteiger partial charge in [0.2, 0.25) is 0 Å². The molecular weight excluding hydrogens is 186 g/mol. The van der Waals surface area contributed by atoms with Gasteiger partial charge in [-0.25, -0.2) is 0 Å². The van der Waals surface area contributed by atoms with Gasteiger partial charge in [0.15, 0.2) is 0 Å². The first-order valence-electron chi connectivity index (χ1n) is 5.62. The van der Waals surface area contributed by atoms with Crippen LogP contribution < -0.4 is 10.1 Å². The lowest BCUT2D eigenvalue weighted by Gasteiger charge is -2.30. The molecule has 1 unspecified atom stereocenters. The van der Waals surface area contributed by atoms with Gasteiger partial charge in [0.1, 0.15) is 5.75 Å². The van der Waals surface area contributed by atoms with Crippen LogP contribution in [0.3, 0.4) is 0 Å². The van der Waals surface area contributed by atoms with Crippen LogP contribution in [0.2, 0.25) is 0 Å². The lowest BCUT2D eigenvalue weighted by molar-refractivity contribution is 0.389. The van der Waals surface area contributed by atoms with Crippen molar-refractivity contribution < 1.29 is 4.74 Å². The van der Waals surface area contributed by atoms with Crippen LogP contribution in [-0.2, 0) is 6.42 Å². The predicted octanol–water partition coefficient (Wildman–Crippen LogP) is 2.54. The molecule has 1 aliphatic heterocycles. The zero-order valence-corrected chi connectivity index (χ0v) is 9.71. The highest BCUT2D eigenvalue weighted by Crippen LogP contribution is 2.30. The van der Waals surface area contributed by atoms with Gasteiger partial charge in [0.25, 0.3) is 0 Å². The van der Waals surface area contributed by atoms with Crippen LogP contribution in [0.4, 0.5) is 0 Å². The maximum Gasteiger partial charge on any atom is 0.119 e.